The van der Waals surface area contributed by atoms with Gasteiger partial charge in [-0.3, -0.25) is 4.79 Å². The molecule has 2 rings (SSSR count). The zero-order valence-electron chi connectivity index (χ0n) is 16.7. The van der Waals surface area contributed by atoms with Crippen LogP contribution in [0.15, 0.2) is 0 Å². The van der Waals surface area contributed by atoms with E-state index in [0.717, 1.165) is 12.8 Å². The largest absolute Gasteiger partial charge is 0.469 e. The van der Waals surface area contributed by atoms with E-state index in [2.05, 4.69) is 40.8 Å². The molecule has 0 heterocycles. The molecule has 0 bridgehead atoms. The van der Waals surface area contributed by atoms with Crippen molar-refractivity contribution in [2.24, 2.45) is 23.7 Å². The van der Waals surface area contributed by atoms with Crippen molar-refractivity contribution in [3.8, 4) is 0 Å². The molecule has 2 saturated carbocycles. The summed E-state index contributed by atoms with van der Waals surface area (Å²) in [4.78, 5) is 12.4. The third kappa shape index (κ3) is 3.32. The molecule has 0 amide bonds. The van der Waals surface area contributed by atoms with E-state index < -0.39 is 8.32 Å². The molecular formula is C19H36O4Si. The van der Waals surface area contributed by atoms with Gasteiger partial charge < -0.3 is 14.3 Å². The predicted octanol–water partition coefficient (Wildman–Crippen LogP) is 3.98. The monoisotopic (exact) mass is 356 g/mol. The van der Waals surface area contributed by atoms with Gasteiger partial charge in [-0.1, -0.05) is 20.8 Å². The molecule has 0 radical (unpaired) electrons. The van der Waals surface area contributed by atoms with Crippen LogP contribution in [0.3, 0.4) is 0 Å². The van der Waals surface area contributed by atoms with Crippen molar-refractivity contribution >= 4 is 14.3 Å². The lowest BCUT2D eigenvalue weighted by Crippen LogP contribution is -2.50. The van der Waals surface area contributed by atoms with Crippen LogP contribution in [-0.2, 0) is 14.0 Å². The quantitative estimate of drug-likeness (QED) is 0.611. The highest BCUT2D eigenvalue weighted by Gasteiger charge is 2.61. The van der Waals surface area contributed by atoms with Gasteiger partial charge in [0.15, 0.2) is 8.32 Å². The minimum absolute atomic E-state index is 0.136. The van der Waals surface area contributed by atoms with E-state index in [1.807, 2.05) is 6.92 Å². The molecule has 0 aromatic heterocycles. The Hall–Kier alpha value is -0.393. The van der Waals surface area contributed by atoms with Gasteiger partial charge in [-0.2, -0.15) is 0 Å². The lowest BCUT2D eigenvalue weighted by Gasteiger charge is -2.45. The molecule has 0 aromatic carbocycles. The summed E-state index contributed by atoms with van der Waals surface area (Å²) in [5.74, 6) is 0.378. The first-order chi connectivity index (χ1) is 10.8. The Kier molecular flexibility index (Phi) is 5.31. The number of aliphatic hydroxyl groups is 1. The summed E-state index contributed by atoms with van der Waals surface area (Å²) in [6.45, 7) is 15.4. The summed E-state index contributed by atoms with van der Waals surface area (Å²) in [5, 5.41) is 10.4. The number of carbonyl (C=O) groups excluding carboxylic acids is 1. The number of fused-ring (bicyclic) bond motifs is 1. The van der Waals surface area contributed by atoms with Gasteiger partial charge in [-0.05, 0) is 69.0 Å². The molecule has 5 heteroatoms. The molecule has 0 aromatic rings. The van der Waals surface area contributed by atoms with E-state index in [1.165, 1.54) is 7.11 Å². The van der Waals surface area contributed by atoms with E-state index in [0.29, 0.717) is 12.3 Å². The Balaban J connectivity index is 2.34. The van der Waals surface area contributed by atoms with Crippen molar-refractivity contribution in [1.82, 2.24) is 0 Å². The Morgan fingerprint density at radius 3 is 2.33 bits per heavy atom. The van der Waals surface area contributed by atoms with E-state index in [9.17, 15) is 9.90 Å². The molecular weight excluding hydrogens is 320 g/mol. The molecule has 2 aliphatic rings. The van der Waals surface area contributed by atoms with Crippen molar-refractivity contribution in [2.45, 2.75) is 83.7 Å². The Morgan fingerprint density at radius 2 is 1.88 bits per heavy atom. The van der Waals surface area contributed by atoms with Crippen molar-refractivity contribution in [3.05, 3.63) is 0 Å². The Morgan fingerprint density at radius 1 is 1.29 bits per heavy atom. The molecule has 2 fully saturated rings. The van der Waals surface area contributed by atoms with E-state index in [4.69, 9.17) is 9.16 Å². The zero-order chi connectivity index (χ0) is 18.5. The number of ether oxygens (including phenoxy) is 1. The Bertz CT molecular complexity index is 482. The summed E-state index contributed by atoms with van der Waals surface area (Å²) in [6.07, 6.45) is 2.32. The molecule has 2 aliphatic carbocycles. The highest BCUT2D eigenvalue weighted by atomic mass is 28.4. The molecule has 1 N–H and O–H groups in total. The molecule has 0 aliphatic heterocycles. The van der Waals surface area contributed by atoms with Crippen molar-refractivity contribution < 1.29 is 19.1 Å². The normalized spacial score (nSPS) is 38.0. The zero-order valence-corrected chi connectivity index (χ0v) is 17.7. The van der Waals surface area contributed by atoms with Crippen LogP contribution in [0, 0.1) is 23.7 Å². The van der Waals surface area contributed by atoms with Crippen molar-refractivity contribution in [3.63, 3.8) is 0 Å². The second-order valence-electron chi connectivity index (χ2n) is 9.67. The summed E-state index contributed by atoms with van der Waals surface area (Å²) < 4.78 is 12.0. The van der Waals surface area contributed by atoms with Gasteiger partial charge in [0.2, 0.25) is 0 Å². The van der Waals surface area contributed by atoms with Crippen molar-refractivity contribution in [1.29, 1.82) is 0 Å². The first-order valence-corrected chi connectivity index (χ1v) is 12.2. The average molecular weight is 357 g/mol. The summed E-state index contributed by atoms with van der Waals surface area (Å²) >= 11 is 0. The van der Waals surface area contributed by atoms with Crippen LogP contribution in [-0.4, -0.2) is 38.2 Å². The van der Waals surface area contributed by atoms with E-state index >= 15 is 0 Å². The van der Waals surface area contributed by atoms with Crippen molar-refractivity contribution in [2.75, 3.05) is 7.11 Å². The van der Waals surface area contributed by atoms with Gasteiger partial charge in [0.1, 0.15) is 0 Å². The van der Waals surface area contributed by atoms with Gasteiger partial charge in [0.05, 0.1) is 24.7 Å². The molecule has 1 unspecified atom stereocenters. The fourth-order valence-corrected chi connectivity index (χ4v) is 6.59. The average Bonchev–Trinajstić information content (AvgIpc) is 2.97. The van der Waals surface area contributed by atoms with Gasteiger partial charge in [0.25, 0.3) is 0 Å². The number of hydrogen-bond donors (Lipinski definition) is 1. The number of carbonyl (C=O) groups is 1. The molecule has 6 atom stereocenters. The van der Waals surface area contributed by atoms with Crippen LogP contribution < -0.4 is 0 Å². The third-order valence-electron chi connectivity index (χ3n) is 7.06. The Labute approximate surface area is 148 Å². The van der Waals surface area contributed by atoms with Gasteiger partial charge in [-0.25, -0.2) is 0 Å². The molecule has 4 nitrogen and oxygen atoms in total. The maximum atomic E-state index is 12.4. The number of aliphatic hydroxyl groups excluding tert-OH is 1. The number of esters is 1. The first-order valence-electron chi connectivity index (χ1n) is 9.30. The smallest absolute Gasteiger partial charge is 0.309 e. The van der Waals surface area contributed by atoms with Crippen LogP contribution in [0.1, 0.15) is 53.9 Å². The van der Waals surface area contributed by atoms with E-state index in [-0.39, 0.29) is 40.5 Å². The first kappa shape index (κ1) is 19.9. The lowest BCUT2D eigenvalue weighted by atomic mass is 9.81. The molecule has 24 heavy (non-hydrogen) atoms. The predicted molar refractivity (Wildman–Crippen MR) is 98.2 cm³/mol. The topological polar surface area (TPSA) is 55.8 Å². The molecule has 0 saturated heterocycles. The standard InChI is InChI=1S/C19H36O4Si/c1-12(20)13-9-10-15-16(13)14(17(21)22-6)11-19(15,5)23-24(7,8)18(2,3)4/h12-16,20H,9-11H2,1-8H3/t12?,13-,14-,15+,16+,19+/m0/s1. The lowest BCUT2D eigenvalue weighted by molar-refractivity contribution is -0.148. The number of methoxy groups -OCH3 is 1. The third-order valence-corrected chi connectivity index (χ3v) is 11.7. The molecule has 0 spiro atoms. The minimum atomic E-state index is -1.94. The van der Waals surface area contributed by atoms with Crippen LogP contribution in [0.25, 0.3) is 0 Å². The minimum Gasteiger partial charge on any atom is -0.469 e. The van der Waals surface area contributed by atoms with E-state index in [1.54, 1.807) is 0 Å². The molecule has 140 valence electrons. The highest BCUT2D eigenvalue weighted by molar-refractivity contribution is 6.74. The fraction of sp³-hybridized carbons (Fsp3) is 0.947. The highest BCUT2D eigenvalue weighted by Crippen LogP contribution is 2.59. The second kappa shape index (κ2) is 6.40. The number of hydrogen-bond acceptors (Lipinski definition) is 4. The maximum Gasteiger partial charge on any atom is 0.309 e. The SMILES string of the molecule is COC(=O)[C@H]1C[C@@](C)(O[Si](C)(C)C(C)(C)C)[C@@H]2CC[C@@H](C(C)O)[C@H]12. The second-order valence-corrected chi connectivity index (χ2v) is 14.4. The van der Waals surface area contributed by atoms with Gasteiger partial charge >= 0.3 is 5.97 Å². The summed E-state index contributed by atoms with van der Waals surface area (Å²) in [7, 11) is -0.474. The summed E-state index contributed by atoms with van der Waals surface area (Å²) in [5.41, 5.74) is -0.295. The van der Waals surface area contributed by atoms with Gasteiger partial charge in [0, 0.05) is 0 Å². The summed E-state index contributed by atoms with van der Waals surface area (Å²) in [6, 6.07) is 0. The van der Waals surface area contributed by atoms with Crippen LogP contribution in [0.5, 0.6) is 0 Å². The fourth-order valence-electron chi connectivity index (χ4n) is 4.88. The van der Waals surface area contributed by atoms with Crippen LogP contribution in [0.4, 0.5) is 0 Å². The number of rotatable bonds is 4. The van der Waals surface area contributed by atoms with Gasteiger partial charge in [-0.15, -0.1) is 0 Å². The van der Waals surface area contributed by atoms with Crippen LogP contribution >= 0.6 is 0 Å². The van der Waals surface area contributed by atoms with Crippen LogP contribution in [0.2, 0.25) is 18.1 Å². The maximum absolute atomic E-state index is 12.4.